The lowest BCUT2D eigenvalue weighted by molar-refractivity contribution is 0.180. The van der Waals surface area contributed by atoms with Crippen LogP contribution in [0, 0.1) is 10.8 Å². The molecule has 2 saturated carbocycles. The summed E-state index contributed by atoms with van der Waals surface area (Å²) >= 11 is 0. The molecule has 2 heteroatoms. The first kappa shape index (κ1) is 9.20. The monoisotopic (exact) mass is 214 g/mol. The van der Waals surface area contributed by atoms with Gasteiger partial charge in [0.1, 0.15) is 0 Å². The molecule has 84 valence electrons. The number of nitrogens with two attached hydrogens (primary N) is 2. The lowest BCUT2D eigenvalue weighted by Gasteiger charge is -2.43. The van der Waals surface area contributed by atoms with Crippen LogP contribution < -0.4 is 11.5 Å². The summed E-state index contributed by atoms with van der Waals surface area (Å²) in [5, 5.41) is 0. The van der Waals surface area contributed by atoms with Crippen molar-refractivity contribution in [2.75, 3.05) is 0 Å². The summed E-state index contributed by atoms with van der Waals surface area (Å²) in [5.74, 6) is 0. The Morgan fingerprint density at radius 1 is 1.12 bits per heavy atom. The summed E-state index contributed by atoms with van der Waals surface area (Å²) in [5.41, 5.74) is 15.7. The summed E-state index contributed by atoms with van der Waals surface area (Å²) in [6.45, 7) is 0. The maximum absolute atomic E-state index is 6.37. The Labute approximate surface area is 96.1 Å². The van der Waals surface area contributed by atoms with Crippen LogP contribution >= 0.6 is 0 Å². The van der Waals surface area contributed by atoms with Gasteiger partial charge in [0.25, 0.3) is 0 Å². The van der Waals surface area contributed by atoms with E-state index in [1.54, 1.807) is 5.57 Å². The summed E-state index contributed by atoms with van der Waals surface area (Å²) in [6, 6.07) is 0. The van der Waals surface area contributed by atoms with E-state index in [2.05, 4.69) is 24.3 Å². The van der Waals surface area contributed by atoms with Crippen LogP contribution in [-0.4, -0.2) is 5.66 Å². The van der Waals surface area contributed by atoms with Gasteiger partial charge in [0, 0.05) is 10.8 Å². The quantitative estimate of drug-likeness (QED) is 0.606. The van der Waals surface area contributed by atoms with E-state index in [-0.39, 0.29) is 5.41 Å². The Bertz CT molecular complexity index is 469. The zero-order valence-corrected chi connectivity index (χ0v) is 9.50. The molecule has 2 fully saturated rings. The van der Waals surface area contributed by atoms with Gasteiger partial charge < -0.3 is 11.5 Å². The third kappa shape index (κ3) is 0.740. The van der Waals surface area contributed by atoms with Crippen LogP contribution in [0.3, 0.4) is 0 Å². The average molecular weight is 214 g/mol. The highest BCUT2D eigenvalue weighted by atomic mass is 15.1. The van der Waals surface area contributed by atoms with Gasteiger partial charge in [-0.15, -0.1) is 0 Å². The van der Waals surface area contributed by atoms with Crippen molar-refractivity contribution in [3.05, 3.63) is 35.5 Å². The van der Waals surface area contributed by atoms with Gasteiger partial charge >= 0.3 is 0 Å². The predicted molar refractivity (Wildman–Crippen MR) is 64.4 cm³/mol. The van der Waals surface area contributed by atoms with Crippen molar-refractivity contribution >= 4 is 0 Å². The first-order chi connectivity index (χ1) is 7.61. The first-order valence-electron chi connectivity index (χ1n) is 6.29. The average Bonchev–Trinajstić information content (AvgIpc) is 2.73. The van der Waals surface area contributed by atoms with E-state index in [1.165, 1.54) is 24.8 Å². The second-order valence-electron chi connectivity index (χ2n) is 6.00. The number of hydrogen-bond acceptors (Lipinski definition) is 2. The van der Waals surface area contributed by atoms with Gasteiger partial charge in [-0.1, -0.05) is 24.3 Å². The van der Waals surface area contributed by atoms with Crippen LogP contribution in [0.5, 0.6) is 0 Å². The molecule has 0 spiro atoms. The minimum atomic E-state index is -0.489. The Kier molecular flexibility index (Phi) is 1.36. The maximum atomic E-state index is 6.37. The highest BCUT2D eigenvalue weighted by Gasteiger charge is 2.76. The Morgan fingerprint density at radius 3 is 2.88 bits per heavy atom. The van der Waals surface area contributed by atoms with Crippen LogP contribution in [0.2, 0.25) is 0 Å². The van der Waals surface area contributed by atoms with Crippen LogP contribution in [0.15, 0.2) is 35.5 Å². The van der Waals surface area contributed by atoms with Gasteiger partial charge in [0.05, 0.1) is 5.66 Å². The highest BCUT2D eigenvalue weighted by molar-refractivity contribution is 5.57. The third-order valence-corrected chi connectivity index (χ3v) is 5.39. The number of hydrogen-bond donors (Lipinski definition) is 2. The summed E-state index contributed by atoms with van der Waals surface area (Å²) in [6.07, 6.45) is 14.9. The Hall–Kier alpha value is -0.860. The van der Waals surface area contributed by atoms with Crippen molar-refractivity contribution in [3.63, 3.8) is 0 Å². The van der Waals surface area contributed by atoms with E-state index in [4.69, 9.17) is 11.5 Å². The molecule has 0 bridgehead atoms. The Balaban J connectivity index is 1.90. The van der Waals surface area contributed by atoms with Gasteiger partial charge in [-0.05, 0) is 43.3 Å². The second-order valence-corrected chi connectivity index (χ2v) is 6.00. The van der Waals surface area contributed by atoms with E-state index in [1.807, 2.05) is 0 Å². The zero-order chi connectivity index (χ0) is 11.0. The molecule has 4 rings (SSSR count). The largest absolute Gasteiger partial charge is 0.313 e. The molecule has 2 unspecified atom stereocenters. The van der Waals surface area contributed by atoms with E-state index < -0.39 is 5.66 Å². The molecule has 4 aliphatic rings. The Morgan fingerprint density at radius 2 is 2.00 bits per heavy atom. The van der Waals surface area contributed by atoms with Gasteiger partial charge in [-0.2, -0.15) is 0 Å². The molecule has 0 saturated heterocycles. The lowest BCUT2D eigenvalue weighted by atomic mass is 9.67. The molecule has 0 heterocycles. The van der Waals surface area contributed by atoms with Gasteiger partial charge in [0.2, 0.25) is 0 Å². The molecule has 0 aromatic carbocycles. The molecule has 0 aromatic heterocycles. The molecule has 0 aromatic rings. The SMILES string of the molecule is NC1(N)CCCC23CC12C=CC1=C3C=CC1. The molecular formula is C14H18N2. The van der Waals surface area contributed by atoms with Crippen molar-refractivity contribution < 1.29 is 0 Å². The third-order valence-electron chi connectivity index (χ3n) is 5.39. The van der Waals surface area contributed by atoms with Crippen molar-refractivity contribution in [3.8, 4) is 0 Å². The highest BCUT2D eigenvalue weighted by Crippen LogP contribution is 2.79. The fourth-order valence-electron chi connectivity index (χ4n) is 4.49. The smallest absolute Gasteiger partial charge is 0.0739 e. The van der Waals surface area contributed by atoms with Crippen LogP contribution in [-0.2, 0) is 0 Å². The molecule has 2 atom stereocenters. The molecular weight excluding hydrogens is 196 g/mol. The van der Waals surface area contributed by atoms with E-state index in [0.29, 0.717) is 5.41 Å². The molecule has 0 radical (unpaired) electrons. The summed E-state index contributed by atoms with van der Waals surface area (Å²) in [4.78, 5) is 0. The molecule has 2 nitrogen and oxygen atoms in total. The lowest BCUT2D eigenvalue weighted by Crippen LogP contribution is -2.60. The standard InChI is InChI=1S/C14H18N2/c15-14(16)7-2-6-12-9-13(12,14)8-5-10-3-1-4-11(10)12/h1,4-5,8H,2-3,6-7,9,15-16H2. The summed E-state index contributed by atoms with van der Waals surface area (Å²) in [7, 11) is 0. The van der Waals surface area contributed by atoms with Crippen molar-refractivity contribution in [2.45, 2.75) is 37.8 Å². The van der Waals surface area contributed by atoms with Crippen molar-refractivity contribution in [2.24, 2.45) is 22.3 Å². The van der Waals surface area contributed by atoms with E-state index in [0.717, 1.165) is 12.8 Å². The predicted octanol–water partition coefficient (Wildman–Crippen LogP) is 1.99. The number of allylic oxidation sites excluding steroid dienone is 5. The molecule has 4 aliphatic carbocycles. The summed E-state index contributed by atoms with van der Waals surface area (Å²) < 4.78 is 0. The minimum absolute atomic E-state index is 0.0752. The molecule has 16 heavy (non-hydrogen) atoms. The van der Waals surface area contributed by atoms with Crippen molar-refractivity contribution in [1.29, 1.82) is 0 Å². The fraction of sp³-hybridized carbons (Fsp3) is 0.571. The normalized spacial score (nSPS) is 46.4. The maximum Gasteiger partial charge on any atom is 0.0739 e. The zero-order valence-electron chi connectivity index (χ0n) is 9.50. The van der Waals surface area contributed by atoms with Crippen LogP contribution in [0.1, 0.15) is 32.1 Å². The first-order valence-corrected chi connectivity index (χ1v) is 6.29. The van der Waals surface area contributed by atoms with Crippen LogP contribution in [0.4, 0.5) is 0 Å². The van der Waals surface area contributed by atoms with E-state index in [9.17, 15) is 0 Å². The van der Waals surface area contributed by atoms with Gasteiger partial charge in [-0.25, -0.2) is 0 Å². The van der Waals surface area contributed by atoms with Gasteiger partial charge in [0.15, 0.2) is 0 Å². The van der Waals surface area contributed by atoms with Gasteiger partial charge in [-0.3, -0.25) is 0 Å². The topological polar surface area (TPSA) is 52.0 Å². The molecule has 0 aliphatic heterocycles. The molecule has 4 N–H and O–H groups in total. The van der Waals surface area contributed by atoms with Crippen molar-refractivity contribution in [1.82, 2.24) is 0 Å². The fourth-order valence-corrected chi connectivity index (χ4v) is 4.49. The van der Waals surface area contributed by atoms with Crippen LogP contribution in [0.25, 0.3) is 0 Å². The molecule has 0 amide bonds. The number of rotatable bonds is 0. The minimum Gasteiger partial charge on any atom is -0.313 e. The van der Waals surface area contributed by atoms with E-state index >= 15 is 0 Å². The second kappa shape index (κ2) is 2.36.